The van der Waals surface area contributed by atoms with E-state index in [4.69, 9.17) is 0 Å². The maximum absolute atomic E-state index is 12.0. The minimum Gasteiger partial charge on any atom is -0.336 e. The third-order valence-corrected chi connectivity index (χ3v) is 8.20. The SMILES string of the molecule is O=C1NC2(CCCC2)N=C1c1ccc(Br)cc1.O=C1NC2(CCCC2)NC1c1ccc(Br)cc1. The van der Waals surface area contributed by atoms with Crippen LogP contribution in [0.4, 0.5) is 0 Å². The monoisotopic (exact) mass is 586 g/mol. The molecule has 2 saturated carbocycles. The number of benzene rings is 2. The summed E-state index contributed by atoms with van der Waals surface area (Å²) in [4.78, 5) is 28.6. The zero-order valence-corrected chi connectivity index (χ0v) is 22.0. The third kappa shape index (κ3) is 4.86. The highest BCUT2D eigenvalue weighted by Crippen LogP contribution is 2.35. The lowest BCUT2D eigenvalue weighted by Crippen LogP contribution is -2.46. The molecular formula is C26H28Br2N4O2. The fourth-order valence-electron chi connectivity index (χ4n) is 5.39. The molecule has 2 aliphatic carbocycles. The lowest BCUT2D eigenvalue weighted by Gasteiger charge is -2.23. The van der Waals surface area contributed by atoms with Crippen LogP contribution < -0.4 is 16.0 Å². The normalized spacial score (nSPS) is 24.1. The van der Waals surface area contributed by atoms with Crippen molar-refractivity contribution in [3.8, 4) is 0 Å². The van der Waals surface area contributed by atoms with Gasteiger partial charge in [-0.2, -0.15) is 0 Å². The van der Waals surface area contributed by atoms with Gasteiger partial charge in [0.2, 0.25) is 5.91 Å². The minimum atomic E-state index is -0.292. The molecule has 2 spiro atoms. The van der Waals surface area contributed by atoms with Crippen LogP contribution in [0.3, 0.4) is 0 Å². The van der Waals surface area contributed by atoms with Crippen LogP contribution in [-0.4, -0.2) is 28.9 Å². The number of hydrogen-bond acceptors (Lipinski definition) is 4. The Bertz CT molecular complexity index is 1100. The first-order chi connectivity index (χ1) is 16.4. The van der Waals surface area contributed by atoms with Crippen molar-refractivity contribution in [1.82, 2.24) is 16.0 Å². The van der Waals surface area contributed by atoms with Gasteiger partial charge in [0.25, 0.3) is 5.91 Å². The van der Waals surface area contributed by atoms with Gasteiger partial charge >= 0.3 is 0 Å². The third-order valence-electron chi connectivity index (χ3n) is 7.14. The lowest BCUT2D eigenvalue weighted by atomic mass is 10.1. The number of nitrogens with one attached hydrogen (secondary N) is 3. The number of rotatable bonds is 2. The first-order valence-corrected chi connectivity index (χ1v) is 13.5. The summed E-state index contributed by atoms with van der Waals surface area (Å²) in [5.74, 6) is 0.0726. The van der Waals surface area contributed by atoms with Crippen molar-refractivity contribution in [2.75, 3.05) is 0 Å². The second-order valence-electron chi connectivity index (χ2n) is 9.57. The Kier molecular flexibility index (Phi) is 6.66. The number of aliphatic imine (C=N–C) groups is 1. The molecule has 3 fully saturated rings. The molecule has 6 rings (SSSR count). The van der Waals surface area contributed by atoms with E-state index in [9.17, 15) is 9.59 Å². The molecule has 4 aliphatic rings. The maximum Gasteiger partial charge on any atom is 0.272 e. The highest BCUT2D eigenvalue weighted by Gasteiger charge is 2.45. The van der Waals surface area contributed by atoms with Gasteiger partial charge in [0.1, 0.15) is 17.4 Å². The maximum atomic E-state index is 12.0. The van der Waals surface area contributed by atoms with E-state index in [1.165, 1.54) is 12.8 Å². The topological polar surface area (TPSA) is 82.6 Å². The van der Waals surface area contributed by atoms with Crippen molar-refractivity contribution >= 4 is 49.4 Å². The molecular weight excluding hydrogens is 560 g/mol. The van der Waals surface area contributed by atoms with Gasteiger partial charge in [0.05, 0.1) is 5.66 Å². The summed E-state index contributed by atoms with van der Waals surface area (Å²) in [5.41, 5.74) is 2.09. The molecule has 1 unspecified atom stereocenters. The molecule has 2 heterocycles. The Morgan fingerprint density at radius 1 is 0.765 bits per heavy atom. The molecule has 6 nitrogen and oxygen atoms in total. The van der Waals surface area contributed by atoms with Gasteiger partial charge in [-0.25, -0.2) is 0 Å². The summed E-state index contributed by atoms with van der Waals surface area (Å²) < 4.78 is 2.05. The molecule has 1 saturated heterocycles. The highest BCUT2D eigenvalue weighted by molar-refractivity contribution is 9.10. The number of carbonyl (C=O) groups is 2. The van der Waals surface area contributed by atoms with Crippen LogP contribution in [0.5, 0.6) is 0 Å². The van der Waals surface area contributed by atoms with E-state index in [1.54, 1.807) is 0 Å². The zero-order chi connectivity index (χ0) is 23.8. The number of hydrogen-bond donors (Lipinski definition) is 3. The molecule has 1 atom stereocenters. The summed E-state index contributed by atoms with van der Waals surface area (Å²) in [5, 5.41) is 9.64. The van der Waals surface area contributed by atoms with Gasteiger partial charge in [-0.15, -0.1) is 0 Å². The van der Waals surface area contributed by atoms with E-state index in [1.807, 2.05) is 48.5 Å². The molecule has 2 amide bonds. The molecule has 3 N–H and O–H groups in total. The predicted octanol–water partition coefficient (Wildman–Crippen LogP) is 5.12. The first-order valence-electron chi connectivity index (χ1n) is 11.9. The van der Waals surface area contributed by atoms with Crippen LogP contribution in [0.2, 0.25) is 0 Å². The van der Waals surface area contributed by atoms with Gasteiger partial charge in [0.15, 0.2) is 0 Å². The standard InChI is InChI=1S/C13H15BrN2O.C13H13BrN2O/c2*14-10-5-3-9(4-6-10)11-12(17)16-13(15-11)7-1-2-8-13/h3-6,11,15H,1-2,7-8H2,(H,16,17);3-6H,1-2,7-8H2,(H,16,17). The molecule has 2 aromatic carbocycles. The van der Waals surface area contributed by atoms with Crippen molar-refractivity contribution in [2.24, 2.45) is 4.99 Å². The molecule has 8 heteroatoms. The molecule has 2 aromatic rings. The van der Waals surface area contributed by atoms with Crippen molar-refractivity contribution in [2.45, 2.75) is 68.7 Å². The van der Waals surface area contributed by atoms with E-state index >= 15 is 0 Å². The Morgan fingerprint density at radius 2 is 1.32 bits per heavy atom. The van der Waals surface area contributed by atoms with E-state index in [0.717, 1.165) is 58.6 Å². The molecule has 34 heavy (non-hydrogen) atoms. The van der Waals surface area contributed by atoms with Gasteiger partial charge in [-0.05, 0) is 81.2 Å². The van der Waals surface area contributed by atoms with Crippen LogP contribution >= 0.6 is 31.9 Å². The van der Waals surface area contributed by atoms with E-state index in [0.29, 0.717) is 5.71 Å². The van der Waals surface area contributed by atoms with Crippen LogP contribution in [0.1, 0.15) is 68.5 Å². The van der Waals surface area contributed by atoms with Crippen molar-refractivity contribution in [3.05, 3.63) is 68.6 Å². The van der Waals surface area contributed by atoms with E-state index in [-0.39, 0.29) is 29.2 Å². The molecule has 0 aromatic heterocycles. The Hall–Kier alpha value is -2.03. The second-order valence-corrected chi connectivity index (χ2v) is 11.4. The lowest BCUT2D eigenvalue weighted by molar-refractivity contribution is -0.121. The smallest absolute Gasteiger partial charge is 0.272 e. The van der Waals surface area contributed by atoms with Crippen LogP contribution in [-0.2, 0) is 9.59 Å². The summed E-state index contributed by atoms with van der Waals surface area (Å²) in [6, 6.07) is 15.5. The Labute approximate surface area is 216 Å². The fraction of sp³-hybridized carbons (Fsp3) is 0.423. The Balaban J connectivity index is 0.000000142. The van der Waals surface area contributed by atoms with Gasteiger partial charge in [-0.3, -0.25) is 19.9 Å². The summed E-state index contributed by atoms with van der Waals surface area (Å²) >= 11 is 6.80. The van der Waals surface area contributed by atoms with Gasteiger partial charge in [-0.1, -0.05) is 56.1 Å². The summed E-state index contributed by atoms with van der Waals surface area (Å²) in [6.45, 7) is 0. The quantitative estimate of drug-likeness (QED) is 0.456. The van der Waals surface area contributed by atoms with E-state index < -0.39 is 0 Å². The van der Waals surface area contributed by atoms with Crippen molar-refractivity contribution in [3.63, 3.8) is 0 Å². The number of carbonyl (C=O) groups excluding carboxylic acids is 2. The van der Waals surface area contributed by atoms with Crippen LogP contribution in [0, 0.1) is 0 Å². The predicted molar refractivity (Wildman–Crippen MR) is 139 cm³/mol. The van der Waals surface area contributed by atoms with Gasteiger partial charge < -0.3 is 10.6 Å². The fourth-order valence-corrected chi connectivity index (χ4v) is 5.92. The average molecular weight is 588 g/mol. The first kappa shape index (κ1) is 23.7. The van der Waals surface area contributed by atoms with Gasteiger partial charge in [0, 0.05) is 14.5 Å². The number of halogens is 2. The minimum absolute atomic E-state index is 0.0331. The second kappa shape index (κ2) is 9.55. The molecule has 178 valence electrons. The van der Waals surface area contributed by atoms with Crippen molar-refractivity contribution < 1.29 is 9.59 Å². The Morgan fingerprint density at radius 3 is 1.94 bits per heavy atom. The number of amides is 2. The molecule has 0 bridgehead atoms. The van der Waals surface area contributed by atoms with Crippen LogP contribution in [0.15, 0.2) is 62.5 Å². The number of nitrogens with zero attached hydrogens (tertiary/aromatic N) is 1. The summed E-state index contributed by atoms with van der Waals surface area (Å²) in [7, 11) is 0. The highest BCUT2D eigenvalue weighted by atomic mass is 79.9. The molecule has 2 aliphatic heterocycles. The van der Waals surface area contributed by atoms with Crippen molar-refractivity contribution in [1.29, 1.82) is 0 Å². The van der Waals surface area contributed by atoms with Crippen LogP contribution in [0.25, 0.3) is 0 Å². The van der Waals surface area contributed by atoms with E-state index in [2.05, 4.69) is 52.8 Å². The zero-order valence-electron chi connectivity index (χ0n) is 18.9. The largest absolute Gasteiger partial charge is 0.336 e. The summed E-state index contributed by atoms with van der Waals surface area (Å²) in [6.07, 6.45) is 8.73. The average Bonchev–Trinajstić information content (AvgIpc) is 3.60. The molecule has 0 radical (unpaired) electrons.